The lowest BCUT2D eigenvalue weighted by atomic mass is 10.1. The minimum atomic E-state index is -1.07. The number of anilines is 1. The summed E-state index contributed by atoms with van der Waals surface area (Å²) >= 11 is 0. The van der Waals surface area contributed by atoms with Crippen LogP contribution in [0, 0.1) is 0 Å². The normalized spacial score (nSPS) is 11.9. The number of carbonyl (C=O) groups is 2. The minimum Gasteiger partial charge on any atom is -0.478 e. The average Bonchev–Trinajstić information content (AvgIpc) is 2.26. The Morgan fingerprint density at radius 3 is 2.44 bits per heavy atom. The number of rotatable bonds is 3. The summed E-state index contributed by atoms with van der Waals surface area (Å²) in [5.74, 6) is -1.39. The summed E-state index contributed by atoms with van der Waals surface area (Å²) in [5, 5.41) is 8.97. The third-order valence-electron chi connectivity index (χ3n) is 2.22. The van der Waals surface area contributed by atoms with Gasteiger partial charge in [-0.05, 0) is 19.1 Å². The highest BCUT2D eigenvalue weighted by atomic mass is 16.4. The molecule has 0 aliphatic heterocycles. The van der Waals surface area contributed by atoms with Crippen LogP contribution in [-0.4, -0.2) is 30.1 Å². The van der Waals surface area contributed by atoms with Gasteiger partial charge in [-0.25, -0.2) is 4.79 Å². The predicted molar refractivity (Wildman–Crippen MR) is 60.5 cm³/mol. The molecule has 1 rings (SSSR count). The second-order valence-electron chi connectivity index (χ2n) is 3.51. The van der Waals surface area contributed by atoms with Gasteiger partial charge in [-0.15, -0.1) is 0 Å². The molecule has 16 heavy (non-hydrogen) atoms. The Labute approximate surface area is 93.5 Å². The van der Waals surface area contributed by atoms with Gasteiger partial charge in [0.25, 0.3) is 0 Å². The van der Waals surface area contributed by atoms with Crippen LogP contribution >= 0.6 is 0 Å². The summed E-state index contributed by atoms with van der Waals surface area (Å²) < 4.78 is 0. The number of nitrogens with two attached hydrogens (primary N) is 1. The number of para-hydroxylation sites is 1. The molecular formula is C11H14N2O3. The zero-order valence-electron chi connectivity index (χ0n) is 9.18. The van der Waals surface area contributed by atoms with Crippen LogP contribution in [-0.2, 0) is 4.79 Å². The molecule has 0 unspecified atom stereocenters. The molecule has 0 aliphatic rings. The Hall–Kier alpha value is -1.88. The summed E-state index contributed by atoms with van der Waals surface area (Å²) in [4.78, 5) is 23.8. The summed E-state index contributed by atoms with van der Waals surface area (Å²) in [7, 11) is 1.51. The maximum atomic E-state index is 11.6. The Morgan fingerprint density at radius 1 is 1.38 bits per heavy atom. The first-order chi connectivity index (χ1) is 7.45. The maximum Gasteiger partial charge on any atom is 0.337 e. The van der Waals surface area contributed by atoms with E-state index in [1.165, 1.54) is 18.0 Å². The molecule has 0 bridgehead atoms. The maximum absolute atomic E-state index is 11.6. The van der Waals surface area contributed by atoms with Gasteiger partial charge in [0.15, 0.2) is 0 Å². The second kappa shape index (κ2) is 4.76. The molecule has 0 aromatic heterocycles. The van der Waals surface area contributed by atoms with Crippen LogP contribution in [0.5, 0.6) is 0 Å². The molecule has 1 amide bonds. The molecular weight excluding hydrogens is 208 g/mol. The van der Waals surface area contributed by atoms with Gasteiger partial charge in [0, 0.05) is 7.05 Å². The Balaban J connectivity index is 3.13. The molecule has 5 nitrogen and oxygen atoms in total. The van der Waals surface area contributed by atoms with Crippen molar-refractivity contribution >= 4 is 17.6 Å². The van der Waals surface area contributed by atoms with E-state index in [9.17, 15) is 9.59 Å². The van der Waals surface area contributed by atoms with E-state index in [1.807, 2.05) is 0 Å². The summed E-state index contributed by atoms with van der Waals surface area (Å²) in [6.45, 7) is 1.56. The molecule has 5 heteroatoms. The highest BCUT2D eigenvalue weighted by Gasteiger charge is 2.19. The summed E-state index contributed by atoms with van der Waals surface area (Å²) in [6.07, 6.45) is 0. The number of aromatic carboxylic acids is 1. The van der Waals surface area contributed by atoms with Crippen molar-refractivity contribution in [3.8, 4) is 0 Å². The fraction of sp³-hybridized carbons (Fsp3) is 0.273. The fourth-order valence-electron chi connectivity index (χ4n) is 1.37. The number of benzene rings is 1. The van der Waals surface area contributed by atoms with Crippen LogP contribution in [0.4, 0.5) is 5.69 Å². The van der Waals surface area contributed by atoms with Crippen molar-refractivity contribution in [2.75, 3.05) is 11.9 Å². The lowest BCUT2D eigenvalue weighted by Gasteiger charge is -2.20. The summed E-state index contributed by atoms with van der Waals surface area (Å²) in [6, 6.07) is 5.64. The topological polar surface area (TPSA) is 83.6 Å². The summed E-state index contributed by atoms with van der Waals surface area (Å²) in [5.41, 5.74) is 5.89. The molecule has 0 aliphatic carbocycles. The standard InChI is InChI=1S/C11H14N2O3/c1-7(12)10(14)13(2)9-6-4-3-5-8(9)11(15)16/h3-7H,12H2,1-2H3,(H,15,16)/t7-/m1/s1. The van der Waals surface area contributed by atoms with Gasteiger partial charge in [0.05, 0.1) is 17.3 Å². The lowest BCUT2D eigenvalue weighted by molar-refractivity contribution is -0.119. The zero-order valence-corrected chi connectivity index (χ0v) is 9.18. The Bertz CT molecular complexity index is 415. The number of carbonyl (C=O) groups excluding carboxylic acids is 1. The first kappa shape index (κ1) is 12.2. The molecule has 1 aromatic rings. The van der Waals surface area contributed by atoms with Gasteiger partial charge in [0.1, 0.15) is 0 Å². The monoisotopic (exact) mass is 222 g/mol. The number of carboxylic acids is 1. The van der Waals surface area contributed by atoms with Gasteiger partial charge >= 0.3 is 5.97 Å². The Morgan fingerprint density at radius 2 is 1.94 bits per heavy atom. The smallest absolute Gasteiger partial charge is 0.337 e. The molecule has 0 fully saturated rings. The van der Waals surface area contributed by atoms with Crippen molar-refractivity contribution in [1.29, 1.82) is 0 Å². The third kappa shape index (κ3) is 2.38. The average molecular weight is 222 g/mol. The minimum absolute atomic E-state index is 0.0824. The molecule has 0 spiro atoms. The van der Waals surface area contributed by atoms with E-state index in [1.54, 1.807) is 25.1 Å². The van der Waals surface area contributed by atoms with Crippen LogP contribution in [0.3, 0.4) is 0 Å². The predicted octanol–water partition coefficient (Wildman–Crippen LogP) is 0.695. The van der Waals surface area contributed by atoms with Crippen molar-refractivity contribution in [2.45, 2.75) is 13.0 Å². The number of likely N-dealkylation sites (N-methyl/N-ethyl adjacent to an activating group) is 1. The molecule has 0 saturated carbocycles. The van der Waals surface area contributed by atoms with Gasteiger partial charge in [-0.3, -0.25) is 4.79 Å². The van der Waals surface area contributed by atoms with E-state index in [-0.39, 0.29) is 11.5 Å². The van der Waals surface area contributed by atoms with Gasteiger partial charge in [-0.2, -0.15) is 0 Å². The van der Waals surface area contributed by atoms with E-state index in [0.29, 0.717) is 5.69 Å². The number of nitrogens with zero attached hydrogens (tertiary/aromatic N) is 1. The second-order valence-corrected chi connectivity index (χ2v) is 3.51. The van der Waals surface area contributed by atoms with Crippen LogP contribution in [0.1, 0.15) is 17.3 Å². The number of carboxylic acid groups (broad SMARTS) is 1. The number of amides is 1. The molecule has 1 aromatic carbocycles. The van der Waals surface area contributed by atoms with Crippen molar-refractivity contribution in [1.82, 2.24) is 0 Å². The highest BCUT2D eigenvalue weighted by Crippen LogP contribution is 2.19. The molecule has 0 heterocycles. The van der Waals surface area contributed by atoms with E-state index >= 15 is 0 Å². The van der Waals surface area contributed by atoms with Crippen molar-refractivity contribution in [2.24, 2.45) is 5.73 Å². The number of hydrogen-bond donors (Lipinski definition) is 2. The van der Waals surface area contributed by atoms with Crippen molar-refractivity contribution < 1.29 is 14.7 Å². The van der Waals surface area contributed by atoms with E-state index in [0.717, 1.165) is 0 Å². The molecule has 0 radical (unpaired) electrons. The third-order valence-corrected chi connectivity index (χ3v) is 2.22. The molecule has 0 saturated heterocycles. The largest absolute Gasteiger partial charge is 0.478 e. The number of hydrogen-bond acceptors (Lipinski definition) is 3. The van der Waals surface area contributed by atoms with Gasteiger partial charge < -0.3 is 15.7 Å². The van der Waals surface area contributed by atoms with Crippen molar-refractivity contribution in [3.63, 3.8) is 0 Å². The fourth-order valence-corrected chi connectivity index (χ4v) is 1.37. The SMILES string of the molecule is C[C@@H](N)C(=O)N(C)c1ccccc1C(=O)O. The molecule has 86 valence electrons. The Kier molecular flexibility index (Phi) is 3.63. The quantitative estimate of drug-likeness (QED) is 0.788. The van der Waals surface area contributed by atoms with E-state index in [4.69, 9.17) is 10.8 Å². The van der Waals surface area contributed by atoms with Crippen LogP contribution in [0.25, 0.3) is 0 Å². The van der Waals surface area contributed by atoms with E-state index in [2.05, 4.69) is 0 Å². The molecule has 3 N–H and O–H groups in total. The zero-order chi connectivity index (χ0) is 12.3. The van der Waals surface area contributed by atoms with Crippen LogP contribution in [0.2, 0.25) is 0 Å². The van der Waals surface area contributed by atoms with Crippen LogP contribution < -0.4 is 10.6 Å². The first-order valence-electron chi connectivity index (χ1n) is 4.80. The van der Waals surface area contributed by atoms with E-state index < -0.39 is 12.0 Å². The first-order valence-corrected chi connectivity index (χ1v) is 4.80. The highest BCUT2D eigenvalue weighted by molar-refractivity contribution is 6.03. The van der Waals surface area contributed by atoms with Crippen LogP contribution in [0.15, 0.2) is 24.3 Å². The molecule has 1 atom stereocenters. The van der Waals surface area contributed by atoms with Crippen molar-refractivity contribution in [3.05, 3.63) is 29.8 Å². The lowest BCUT2D eigenvalue weighted by Crippen LogP contribution is -2.40. The van der Waals surface area contributed by atoms with Gasteiger partial charge in [-0.1, -0.05) is 12.1 Å². The van der Waals surface area contributed by atoms with Gasteiger partial charge in [0.2, 0.25) is 5.91 Å².